The fourth-order valence-corrected chi connectivity index (χ4v) is 2.50. The zero-order valence-corrected chi connectivity index (χ0v) is 12.0. The van der Waals surface area contributed by atoms with Gasteiger partial charge in [-0.25, -0.2) is 0 Å². The molecule has 0 aliphatic heterocycles. The highest BCUT2D eigenvalue weighted by atomic mass is 35.5. The Labute approximate surface area is 114 Å². The molecule has 0 aliphatic rings. The van der Waals surface area contributed by atoms with E-state index in [0.29, 0.717) is 0 Å². The maximum Gasteiger partial charge on any atom is 0.0480 e. The highest BCUT2D eigenvalue weighted by molar-refractivity contribution is 6.17. The number of likely N-dealkylation sites (N-methyl/N-ethyl adjacent to an activating group) is 1. The van der Waals surface area contributed by atoms with Gasteiger partial charge in [0.05, 0.1) is 0 Å². The number of rotatable bonds is 6. The van der Waals surface area contributed by atoms with Crippen LogP contribution in [0.1, 0.15) is 12.0 Å². The van der Waals surface area contributed by atoms with Crippen molar-refractivity contribution in [2.24, 2.45) is 7.05 Å². The van der Waals surface area contributed by atoms with Gasteiger partial charge >= 0.3 is 0 Å². The Morgan fingerprint density at radius 1 is 1.22 bits per heavy atom. The van der Waals surface area contributed by atoms with Crippen LogP contribution < -0.4 is 0 Å². The summed E-state index contributed by atoms with van der Waals surface area (Å²) in [5, 5.41) is 1.38. The van der Waals surface area contributed by atoms with Gasteiger partial charge in [-0.2, -0.15) is 0 Å². The number of para-hydroxylation sites is 1. The van der Waals surface area contributed by atoms with Crippen LogP contribution in [0.2, 0.25) is 0 Å². The van der Waals surface area contributed by atoms with Crippen molar-refractivity contribution in [2.45, 2.75) is 12.8 Å². The van der Waals surface area contributed by atoms with Gasteiger partial charge in [0.2, 0.25) is 0 Å². The highest BCUT2D eigenvalue weighted by Crippen LogP contribution is 2.20. The van der Waals surface area contributed by atoms with E-state index >= 15 is 0 Å². The summed E-state index contributed by atoms with van der Waals surface area (Å²) in [5.74, 6) is 0.749. The molecule has 2 rings (SSSR count). The first-order chi connectivity index (χ1) is 8.72. The van der Waals surface area contributed by atoms with Crippen LogP contribution in [0.15, 0.2) is 30.5 Å². The van der Waals surface area contributed by atoms with Crippen molar-refractivity contribution in [3.63, 3.8) is 0 Å². The van der Waals surface area contributed by atoms with E-state index in [4.69, 9.17) is 11.6 Å². The number of benzene rings is 1. The molecule has 1 aromatic carbocycles. The zero-order valence-electron chi connectivity index (χ0n) is 11.2. The minimum absolute atomic E-state index is 0.749. The van der Waals surface area contributed by atoms with Crippen molar-refractivity contribution in [2.75, 3.05) is 26.0 Å². The average Bonchev–Trinajstić information content (AvgIpc) is 2.71. The fourth-order valence-electron chi connectivity index (χ4n) is 2.38. The van der Waals surface area contributed by atoms with Gasteiger partial charge in [0, 0.05) is 36.6 Å². The van der Waals surface area contributed by atoms with E-state index in [2.05, 4.69) is 54.0 Å². The Morgan fingerprint density at radius 2 is 2.00 bits per heavy atom. The van der Waals surface area contributed by atoms with Crippen molar-refractivity contribution < 1.29 is 0 Å². The largest absolute Gasteiger partial charge is 0.350 e. The topological polar surface area (TPSA) is 8.17 Å². The first kappa shape index (κ1) is 13.4. The van der Waals surface area contributed by atoms with Gasteiger partial charge in [-0.3, -0.25) is 0 Å². The molecule has 1 aromatic heterocycles. The molecular weight excluding hydrogens is 244 g/mol. The molecule has 0 fully saturated rings. The summed E-state index contributed by atoms with van der Waals surface area (Å²) in [6, 6.07) is 8.60. The molecule has 0 unspecified atom stereocenters. The van der Waals surface area contributed by atoms with Crippen LogP contribution in [-0.4, -0.2) is 35.5 Å². The third-order valence-corrected chi connectivity index (χ3v) is 3.68. The monoisotopic (exact) mass is 264 g/mol. The van der Waals surface area contributed by atoms with Crippen LogP contribution >= 0.6 is 11.6 Å². The number of aromatic nitrogens is 1. The van der Waals surface area contributed by atoms with Crippen LogP contribution in [0.3, 0.4) is 0 Å². The maximum atomic E-state index is 5.71. The first-order valence-electron chi connectivity index (χ1n) is 6.50. The molecule has 2 aromatic rings. The Kier molecular flexibility index (Phi) is 4.67. The van der Waals surface area contributed by atoms with Gasteiger partial charge in [0.25, 0.3) is 0 Å². The van der Waals surface area contributed by atoms with Gasteiger partial charge in [0.1, 0.15) is 0 Å². The summed E-state index contributed by atoms with van der Waals surface area (Å²) >= 11 is 5.71. The van der Waals surface area contributed by atoms with Crippen molar-refractivity contribution >= 4 is 22.5 Å². The van der Waals surface area contributed by atoms with E-state index < -0.39 is 0 Å². The van der Waals surface area contributed by atoms with E-state index in [-0.39, 0.29) is 0 Å². The maximum absolute atomic E-state index is 5.71. The quantitative estimate of drug-likeness (QED) is 0.727. The Hall–Kier alpha value is -0.990. The van der Waals surface area contributed by atoms with Crippen molar-refractivity contribution in [3.05, 3.63) is 36.0 Å². The number of aryl methyl sites for hydroxylation is 1. The molecule has 1 heterocycles. The van der Waals surface area contributed by atoms with E-state index in [0.717, 1.165) is 31.8 Å². The normalized spacial score (nSPS) is 11.6. The molecule has 18 heavy (non-hydrogen) atoms. The number of halogens is 1. The fraction of sp³-hybridized carbons (Fsp3) is 0.467. The Balaban J connectivity index is 2.03. The second-order valence-electron chi connectivity index (χ2n) is 4.88. The number of nitrogens with zero attached hydrogens (tertiary/aromatic N) is 2. The Bertz CT molecular complexity index is 504. The molecule has 2 nitrogen and oxygen atoms in total. The number of alkyl halides is 1. The third-order valence-electron chi connectivity index (χ3n) is 3.42. The summed E-state index contributed by atoms with van der Waals surface area (Å²) in [7, 11) is 4.28. The van der Waals surface area contributed by atoms with Gasteiger partial charge in [0.15, 0.2) is 0 Å². The SMILES string of the molecule is CN(CCCCl)CCc1cn(C)c2ccccc12. The van der Waals surface area contributed by atoms with E-state index in [1.165, 1.54) is 16.5 Å². The van der Waals surface area contributed by atoms with Crippen molar-refractivity contribution in [3.8, 4) is 0 Å². The molecule has 0 atom stereocenters. The zero-order chi connectivity index (χ0) is 13.0. The molecule has 0 saturated heterocycles. The Morgan fingerprint density at radius 3 is 2.78 bits per heavy atom. The highest BCUT2D eigenvalue weighted by Gasteiger charge is 2.06. The van der Waals surface area contributed by atoms with Crippen molar-refractivity contribution in [1.82, 2.24) is 9.47 Å². The third kappa shape index (κ3) is 3.06. The van der Waals surface area contributed by atoms with Crippen molar-refractivity contribution in [1.29, 1.82) is 0 Å². The standard InChI is InChI=1S/C15H21ClN2/c1-17(10-5-9-16)11-8-13-12-18(2)15-7-4-3-6-14(13)15/h3-4,6-7,12H,5,8-11H2,1-2H3. The second kappa shape index (κ2) is 6.26. The summed E-state index contributed by atoms with van der Waals surface area (Å²) in [4.78, 5) is 2.35. The molecular formula is C15H21ClN2. The smallest absolute Gasteiger partial charge is 0.0480 e. The number of fused-ring (bicyclic) bond motifs is 1. The molecule has 0 bridgehead atoms. The first-order valence-corrected chi connectivity index (χ1v) is 7.03. The van der Waals surface area contributed by atoms with E-state index in [9.17, 15) is 0 Å². The van der Waals surface area contributed by atoms with E-state index in [1.54, 1.807) is 0 Å². The average molecular weight is 265 g/mol. The lowest BCUT2D eigenvalue weighted by Gasteiger charge is -2.15. The van der Waals surface area contributed by atoms with Crippen LogP contribution in [0.25, 0.3) is 10.9 Å². The second-order valence-corrected chi connectivity index (χ2v) is 5.26. The number of hydrogen-bond acceptors (Lipinski definition) is 1. The summed E-state index contributed by atoms with van der Waals surface area (Å²) in [5.41, 5.74) is 2.75. The predicted octanol–water partition coefficient (Wildman–Crippen LogP) is 3.28. The molecule has 0 N–H and O–H groups in total. The molecule has 98 valence electrons. The van der Waals surface area contributed by atoms with Crippen LogP contribution in [0, 0.1) is 0 Å². The molecule has 0 amide bonds. The molecule has 3 heteroatoms. The summed E-state index contributed by atoms with van der Waals surface area (Å²) in [6.07, 6.45) is 4.41. The van der Waals surface area contributed by atoms with Crippen LogP contribution in [0.5, 0.6) is 0 Å². The van der Waals surface area contributed by atoms with Gasteiger partial charge in [-0.1, -0.05) is 18.2 Å². The minimum Gasteiger partial charge on any atom is -0.350 e. The lowest BCUT2D eigenvalue weighted by atomic mass is 10.1. The van der Waals surface area contributed by atoms with Gasteiger partial charge in [-0.15, -0.1) is 11.6 Å². The molecule has 0 spiro atoms. The van der Waals surface area contributed by atoms with Gasteiger partial charge in [-0.05, 0) is 38.1 Å². The van der Waals surface area contributed by atoms with Crippen LogP contribution in [0.4, 0.5) is 0 Å². The lowest BCUT2D eigenvalue weighted by molar-refractivity contribution is 0.340. The predicted molar refractivity (Wildman–Crippen MR) is 79.5 cm³/mol. The summed E-state index contributed by atoms with van der Waals surface area (Å²) < 4.78 is 2.21. The van der Waals surface area contributed by atoms with Gasteiger partial charge < -0.3 is 9.47 Å². The number of hydrogen-bond donors (Lipinski definition) is 0. The molecule has 0 saturated carbocycles. The summed E-state index contributed by atoms with van der Waals surface area (Å²) in [6.45, 7) is 2.17. The lowest BCUT2D eigenvalue weighted by Crippen LogP contribution is -2.22. The minimum atomic E-state index is 0.749. The molecule has 0 radical (unpaired) electrons. The molecule has 0 aliphatic carbocycles. The van der Waals surface area contributed by atoms with E-state index in [1.807, 2.05) is 0 Å². The van der Waals surface area contributed by atoms with Crippen LogP contribution in [-0.2, 0) is 13.5 Å².